The van der Waals surface area contributed by atoms with Gasteiger partial charge in [-0.05, 0) is 44.0 Å². The molecule has 0 bridgehead atoms. The van der Waals surface area contributed by atoms with Crippen molar-refractivity contribution in [1.82, 2.24) is 20.9 Å². The Morgan fingerprint density at radius 3 is 3.04 bits per heavy atom. The molecule has 2 aliphatic heterocycles. The molecular formula is C20H28N4O2. The summed E-state index contributed by atoms with van der Waals surface area (Å²) in [6.45, 7) is 4.93. The fraction of sp³-hybridized carbons (Fsp3) is 0.550. The van der Waals surface area contributed by atoms with E-state index < -0.39 is 0 Å². The second kappa shape index (κ2) is 7.78. The van der Waals surface area contributed by atoms with E-state index >= 15 is 0 Å². The summed E-state index contributed by atoms with van der Waals surface area (Å²) in [5.41, 5.74) is 9.11. The molecule has 1 aromatic carbocycles. The summed E-state index contributed by atoms with van der Waals surface area (Å²) in [5, 5.41) is 4.09. The Hall–Kier alpha value is -1.89. The third-order valence-corrected chi connectivity index (χ3v) is 5.63. The maximum atomic E-state index is 5.59. The van der Waals surface area contributed by atoms with Crippen LogP contribution in [0.1, 0.15) is 42.2 Å². The lowest BCUT2D eigenvalue weighted by Gasteiger charge is -2.40. The van der Waals surface area contributed by atoms with Gasteiger partial charge < -0.3 is 9.26 Å². The molecule has 0 amide bonds. The zero-order valence-electron chi connectivity index (χ0n) is 15.6. The van der Waals surface area contributed by atoms with Crippen molar-refractivity contribution in [3.63, 3.8) is 0 Å². The number of hydrogen-bond donors (Lipinski definition) is 2. The normalized spacial score (nSPS) is 26.9. The van der Waals surface area contributed by atoms with Gasteiger partial charge in [-0.15, -0.1) is 0 Å². The molecule has 0 aliphatic carbocycles. The number of nitrogens with one attached hydrogen (secondary N) is 2. The van der Waals surface area contributed by atoms with Crippen molar-refractivity contribution in [2.24, 2.45) is 0 Å². The molecule has 3 unspecified atom stereocenters. The number of piperidine rings is 1. The van der Waals surface area contributed by atoms with Crippen LogP contribution in [0.4, 0.5) is 0 Å². The predicted octanol–water partition coefficient (Wildman–Crippen LogP) is 2.61. The molecule has 2 saturated heterocycles. The first-order valence-electron chi connectivity index (χ1n) is 9.53. The maximum Gasteiger partial charge on any atom is 0.143 e. The third-order valence-electron chi connectivity index (χ3n) is 5.63. The average molecular weight is 356 g/mol. The van der Waals surface area contributed by atoms with Crippen molar-refractivity contribution in [3.05, 3.63) is 47.3 Å². The molecule has 2 fully saturated rings. The number of aromatic nitrogens is 1. The van der Waals surface area contributed by atoms with Crippen LogP contribution >= 0.6 is 0 Å². The highest BCUT2D eigenvalue weighted by Gasteiger charge is 2.40. The monoisotopic (exact) mass is 356 g/mol. The fourth-order valence-electron chi connectivity index (χ4n) is 4.34. The quantitative estimate of drug-likeness (QED) is 0.859. The molecular weight excluding hydrogens is 328 g/mol. The van der Waals surface area contributed by atoms with Gasteiger partial charge in [-0.3, -0.25) is 15.8 Å². The van der Waals surface area contributed by atoms with E-state index in [0.717, 1.165) is 36.8 Å². The molecule has 2 aliphatic rings. The number of rotatable bonds is 5. The Balaban J connectivity index is 1.52. The van der Waals surface area contributed by atoms with Crippen LogP contribution in [0.15, 0.2) is 34.9 Å². The summed E-state index contributed by atoms with van der Waals surface area (Å²) in [6, 6.07) is 11.3. The van der Waals surface area contributed by atoms with Crippen LogP contribution < -0.4 is 15.6 Å². The Morgan fingerprint density at radius 2 is 2.23 bits per heavy atom. The van der Waals surface area contributed by atoms with Gasteiger partial charge in [0, 0.05) is 31.2 Å². The highest BCUT2D eigenvalue weighted by atomic mass is 16.5. The van der Waals surface area contributed by atoms with Gasteiger partial charge in [-0.1, -0.05) is 23.7 Å². The Morgan fingerprint density at radius 1 is 1.31 bits per heavy atom. The van der Waals surface area contributed by atoms with E-state index in [1.807, 2.05) is 13.0 Å². The summed E-state index contributed by atoms with van der Waals surface area (Å²) >= 11 is 0. The van der Waals surface area contributed by atoms with Gasteiger partial charge in [-0.2, -0.15) is 0 Å². The number of hydrogen-bond acceptors (Lipinski definition) is 6. The first kappa shape index (κ1) is 17.5. The SMILES string of the molecule is COc1cccc(CN2CCCCC2C2NNCC2c2cc(C)no2)c1. The second-order valence-corrected chi connectivity index (χ2v) is 7.41. The highest BCUT2D eigenvalue weighted by Crippen LogP contribution is 2.32. The molecule has 0 saturated carbocycles. The van der Waals surface area contributed by atoms with Crippen LogP contribution in [0, 0.1) is 6.92 Å². The zero-order valence-corrected chi connectivity index (χ0v) is 15.6. The lowest BCUT2D eigenvalue weighted by molar-refractivity contribution is 0.103. The summed E-state index contributed by atoms with van der Waals surface area (Å²) < 4.78 is 11.0. The lowest BCUT2D eigenvalue weighted by atomic mass is 9.86. The molecule has 6 nitrogen and oxygen atoms in total. The van der Waals surface area contributed by atoms with Crippen LogP contribution in [0.25, 0.3) is 0 Å². The average Bonchev–Trinajstić information content (AvgIpc) is 3.31. The van der Waals surface area contributed by atoms with E-state index in [-0.39, 0.29) is 0 Å². The van der Waals surface area contributed by atoms with Crippen LogP contribution in [0.2, 0.25) is 0 Å². The highest BCUT2D eigenvalue weighted by molar-refractivity contribution is 5.28. The number of hydrazine groups is 1. The summed E-state index contributed by atoms with van der Waals surface area (Å²) in [7, 11) is 1.72. The van der Waals surface area contributed by atoms with Crippen LogP contribution in [-0.4, -0.2) is 42.3 Å². The number of ether oxygens (including phenoxy) is 1. The van der Waals surface area contributed by atoms with Crippen molar-refractivity contribution in [1.29, 1.82) is 0 Å². The van der Waals surface area contributed by atoms with Crippen molar-refractivity contribution in [2.45, 2.75) is 50.7 Å². The molecule has 3 heterocycles. The number of benzene rings is 1. The summed E-state index contributed by atoms with van der Waals surface area (Å²) in [5.74, 6) is 2.22. The van der Waals surface area contributed by atoms with E-state index in [1.165, 1.54) is 24.8 Å². The number of nitrogens with zero attached hydrogens (tertiary/aromatic N) is 2. The van der Waals surface area contributed by atoms with Gasteiger partial charge in [0.05, 0.1) is 18.7 Å². The van der Waals surface area contributed by atoms with Crippen molar-refractivity contribution < 1.29 is 9.26 Å². The zero-order chi connectivity index (χ0) is 17.9. The van der Waals surface area contributed by atoms with Gasteiger partial charge in [0.25, 0.3) is 0 Å². The summed E-state index contributed by atoms with van der Waals surface area (Å²) in [4.78, 5) is 2.61. The largest absolute Gasteiger partial charge is 0.497 e. The summed E-state index contributed by atoms with van der Waals surface area (Å²) in [6.07, 6.45) is 3.74. The standard InChI is InChI=1S/C20H28N4O2/c1-14-10-19(26-23-14)17-12-21-22-20(17)18-8-3-4-9-24(18)13-15-6-5-7-16(11-15)25-2/h5-7,10-11,17-18,20-22H,3-4,8-9,12-13H2,1-2H3. The minimum atomic E-state index is 0.312. The minimum Gasteiger partial charge on any atom is -0.497 e. The third kappa shape index (κ3) is 3.63. The Kier molecular flexibility index (Phi) is 5.24. The molecule has 0 radical (unpaired) electrons. The Bertz CT molecular complexity index is 732. The van der Waals surface area contributed by atoms with Gasteiger partial charge in [0.15, 0.2) is 0 Å². The molecule has 0 spiro atoms. The molecule has 1 aromatic heterocycles. The van der Waals surface area contributed by atoms with E-state index in [9.17, 15) is 0 Å². The van der Waals surface area contributed by atoms with E-state index in [2.05, 4.69) is 45.2 Å². The lowest BCUT2D eigenvalue weighted by Crippen LogP contribution is -2.52. The molecule has 2 aromatic rings. The smallest absolute Gasteiger partial charge is 0.143 e. The fourth-order valence-corrected chi connectivity index (χ4v) is 4.34. The first-order valence-corrected chi connectivity index (χ1v) is 9.53. The van der Waals surface area contributed by atoms with Crippen molar-refractivity contribution >= 4 is 0 Å². The predicted molar refractivity (Wildman–Crippen MR) is 100.0 cm³/mol. The van der Waals surface area contributed by atoms with Gasteiger partial charge in [0.1, 0.15) is 11.5 Å². The number of methoxy groups -OCH3 is 1. The van der Waals surface area contributed by atoms with E-state index in [1.54, 1.807) is 7.11 Å². The second-order valence-electron chi connectivity index (χ2n) is 7.41. The van der Waals surface area contributed by atoms with E-state index in [0.29, 0.717) is 18.0 Å². The van der Waals surface area contributed by atoms with Crippen molar-refractivity contribution in [2.75, 3.05) is 20.2 Å². The molecule has 140 valence electrons. The topological polar surface area (TPSA) is 62.6 Å². The number of aryl methyl sites for hydroxylation is 1. The van der Waals surface area contributed by atoms with Gasteiger partial charge >= 0.3 is 0 Å². The van der Waals surface area contributed by atoms with Crippen molar-refractivity contribution in [3.8, 4) is 5.75 Å². The Labute approximate surface area is 154 Å². The van der Waals surface area contributed by atoms with Crippen LogP contribution in [0.5, 0.6) is 5.75 Å². The first-order chi connectivity index (χ1) is 12.7. The minimum absolute atomic E-state index is 0.312. The van der Waals surface area contributed by atoms with Crippen LogP contribution in [-0.2, 0) is 6.54 Å². The van der Waals surface area contributed by atoms with Crippen LogP contribution in [0.3, 0.4) is 0 Å². The number of likely N-dealkylation sites (tertiary alicyclic amines) is 1. The van der Waals surface area contributed by atoms with E-state index in [4.69, 9.17) is 9.26 Å². The molecule has 2 N–H and O–H groups in total. The molecule has 6 heteroatoms. The maximum absolute atomic E-state index is 5.59. The molecule has 4 rings (SSSR count). The molecule has 26 heavy (non-hydrogen) atoms. The van der Waals surface area contributed by atoms with Gasteiger partial charge in [0.2, 0.25) is 0 Å². The van der Waals surface area contributed by atoms with Gasteiger partial charge in [-0.25, -0.2) is 0 Å². The molecule has 3 atom stereocenters.